The number of aromatic nitrogens is 1. The lowest BCUT2D eigenvalue weighted by atomic mass is 10.0. The van der Waals surface area contributed by atoms with E-state index in [0.717, 1.165) is 10.9 Å². The number of aryl methyl sites for hydroxylation is 1. The summed E-state index contributed by atoms with van der Waals surface area (Å²) in [6.45, 7) is 3.37. The van der Waals surface area contributed by atoms with Crippen molar-refractivity contribution < 1.29 is 22.7 Å². The molecule has 0 saturated heterocycles. The van der Waals surface area contributed by atoms with Gasteiger partial charge in [0.05, 0.1) is 17.9 Å². The molecule has 1 aliphatic heterocycles. The molecular weight excluding hydrogens is 418 g/mol. The molecule has 160 valence electrons. The van der Waals surface area contributed by atoms with Crippen LogP contribution in [0.4, 0.5) is 0 Å². The van der Waals surface area contributed by atoms with Crippen LogP contribution in [-0.2, 0) is 19.6 Å². The van der Waals surface area contributed by atoms with Crippen molar-refractivity contribution in [1.82, 2.24) is 9.71 Å². The number of hydrogen-bond acceptors (Lipinski definition) is 6. The number of fused-ring (bicyclic) bond motifs is 2. The first-order valence-corrected chi connectivity index (χ1v) is 11.2. The lowest BCUT2D eigenvalue weighted by molar-refractivity contribution is -0.146. The normalized spacial score (nSPS) is 16.6. The van der Waals surface area contributed by atoms with E-state index < -0.39 is 22.1 Å². The first-order chi connectivity index (χ1) is 14.8. The van der Waals surface area contributed by atoms with Crippen molar-refractivity contribution in [3.05, 3.63) is 65.4 Å². The summed E-state index contributed by atoms with van der Waals surface area (Å²) < 4.78 is 31.9. The summed E-state index contributed by atoms with van der Waals surface area (Å²) in [5.41, 5.74) is 2.53. The van der Waals surface area contributed by atoms with Crippen LogP contribution in [0.1, 0.15) is 35.0 Å². The standard InChI is InChI=1S/C22H21N3O5S/c1-13-20(15-7-3-5-9-17(15)24-13)21(27)14(2)30-19(26)11-12-23-22-16-8-4-6-10-18(16)31(28,29)25-22/h3-10,14,24H,11-12H2,1-2H3,(H,23,25)/t14-/m0/s1. The fraction of sp³-hybridized carbons (Fsp3) is 0.227. The number of Topliss-reactive ketones (excluding diaryl/α,β-unsaturated/α-hetero) is 1. The van der Waals surface area contributed by atoms with Crippen LogP contribution in [0, 0.1) is 6.92 Å². The second-order valence-corrected chi connectivity index (χ2v) is 8.90. The van der Waals surface area contributed by atoms with E-state index in [2.05, 4.69) is 14.7 Å². The average molecular weight is 439 g/mol. The number of amidine groups is 1. The molecule has 2 aromatic carbocycles. The highest BCUT2D eigenvalue weighted by Crippen LogP contribution is 2.24. The maximum absolute atomic E-state index is 12.9. The highest BCUT2D eigenvalue weighted by molar-refractivity contribution is 7.90. The summed E-state index contributed by atoms with van der Waals surface area (Å²) in [5, 5.41) is 0.784. The van der Waals surface area contributed by atoms with Gasteiger partial charge in [0.2, 0.25) is 5.78 Å². The first-order valence-electron chi connectivity index (χ1n) is 9.75. The Hall–Kier alpha value is -3.46. The van der Waals surface area contributed by atoms with Crippen LogP contribution in [-0.4, -0.2) is 43.6 Å². The predicted octanol–water partition coefficient (Wildman–Crippen LogP) is 2.72. The lowest BCUT2D eigenvalue weighted by Gasteiger charge is -2.12. The van der Waals surface area contributed by atoms with E-state index in [9.17, 15) is 18.0 Å². The number of ketones is 1. The number of sulfonamides is 1. The maximum Gasteiger partial charge on any atom is 0.308 e. The number of esters is 1. The largest absolute Gasteiger partial charge is 0.454 e. The van der Waals surface area contributed by atoms with Gasteiger partial charge in [0, 0.05) is 27.7 Å². The average Bonchev–Trinajstić information content (AvgIpc) is 3.20. The summed E-state index contributed by atoms with van der Waals surface area (Å²) in [5.74, 6) is -0.675. The third kappa shape index (κ3) is 3.96. The number of hydrogen-bond donors (Lipinski definition) is 2. The molecule has 2 heterocycles. The predicted molar refractivity (Wildman–Crippen MR) is 116 cm³/mol. The van der Waals surface area contributed by atoms with E-state index in [1.54, 1.807) is 25.1 Å². The van der Waals surface area contributed by atoms with Crippen LogP contribution in [0.5, 0.6) is 0 Å². The van der Waals surface area contributed by atoms with Crippen molar-refractivity contribution in [2.45, 2.75) is 31.3 Å². The quantitative estimate of drug-likeness (QED) is 0.452. The Balaban J connectivity index is 1.40. The number of H-pyrrole nitrogens is 1. The molecule has 1 atom stereocenters. The third-order valence-electron chi connectivity index (χ3n) is 5.07. The van der Waals surface area contributed by atoms with Crippen LogP contribution in [0.2, 0.25) is 0 Å². The molecule has 0 radical (unpaired) electrons. The second kappa shape index (κ2) is 7.99. The van der Waals surface area contributed by atoms with Gasteiger partial charge in [0.25, 0.3) is 10.0 Å². The highest BCUT2D eigenvalue weighted by Gasteiger charge is 2.30. The monoisotopic (exact) mass is 439 g/mol. The number of nitrogens with one attached hydrogen (secondary N) is 2. The Morgan fingerprint density at radius 2 is 1.81 bits per heavy atom. The molecule has 2 N–H and O–H groups in total. The van der Waals surface area contributed by atoms with Gasteiger partial charge >= 0.3 is 5.97 Å². The van der Waals surface area contributed by atoms with Gasteiger partial charge in [0.15, 0.2) is 6.10 Å². The minimum Gasteiger partial charge on any atom is -0.454 e. The zero-order valence-electron chi connectivity index (χ0n) is 17.0. The van der Waals surface area contributed by atoms with Crippen LogP contribution in [0.15, 0.2) is 58.4 Å². The van der Waals surface area contributed by atoms with E-state index in [1.165, 1.54) is 13.0 Å². The number of aliphatic imine (C=N–C) groups is 1. The fourth-order valence-electron chi connectivity index (χ4n) is 3.62. The van der Waals surface area contributed by atoms with Crippen molar-refractivity contribution in [3.8, 4) is 0 Å². The molecule has 0 saturated carbocycles. The second-order valence-electron chi connectivity index (χ2n) is 7.25. The Morgan fingerprint density at radius 3 is 2.61 bits per heavy atom. The highest BCUT2D eigenvalue weighted by atomic mass is 32.2. The van der Waals surface area contributed by atoms with Crippen molar-refractivity contribution in [2.24, 2.45) is 4.99 Å². The van der Waals surface area contributed by atoms with Crippen LogP contribution < -0.4 is 4.72 Å². The van der Waals surface area contributed by atoms with E-state index in [4.69, 9.17) is 4.74 Å². The summed E-state index contributed by atoms with van der Waals surface area (Å²) in [6.07, 6.45) is -1.04. The number of aromatic amines is 1. The SMILES string of the molecule is Cc1[nH]c2ccccc2c1C(=O)[C@H](C)OC(=O)CCN=C1NS(=O)(=O)c2ccccc21. The van der Waals surface area contributed by atoms with E-state index in [1.807, 2.05) is 24.3 Å². The van der Waals surface area contributed by atoms with Crippen LogP contribution >= 0.6 is 0 Å². The summed E-state index contributed by atoms with van der Waals surface area (Å²) in [7, 11) is -3.63. The lowest BCUT2D eigenvalue weighted by Crippen LogP contribution is -2.25. The Kier molecular flexibility index (Phi) is 5.36. The molecule has 0 amide bonds. The van der Waals surface area contributed by atoms with Gasteiger partial charge in [-0.1, -0.05) is 30.3 Å². The number of carbonyl (C=O) groups is 2. The van der Waals surface area contributed by atoms with E-state index >= 15 is 0 Å². The molecule has 0 unspecified atom stereocenters. The van der Waals surface area contributed by atoms with Crippen molar-refractivity contribution in [1.29, 1.82) is 0 Å². The molecule has 1 aromatic heterocycles. The van der Waals surface area contributed by atoms with Gasteiger partial charge in [-0.3, -0.25) is 19.3 Å². The number of para-hydroxylation sites is 1. The topological polar surface area (TPSA) is 118 Å². The molecule has 0 spiro atoms. The van der Waals surface area contributed by atoms with Gasteiger partial charge in [-0.25, -0.2) is 8.42 Å². The fourth-order valence-corrected chi connectivity index (χ4v) is 4.87. The van der Waals surface area contributed by atoms with Crippen LogP contribution in [0.25, 0.3) is 10.9 Å². The van der Waals surface area contributed by atoms with E-state index in [-0.39, 0.29) is 29.5 Å². The third-order valence-corrected chi connectivity index (χ3v) is 6.46. The number of rotatable bonds is 6. The minimum absolute atomic E-state index is 0.0258. The molecule has 4 rings (SSSR count). The summed E-state index contributed by atoms with van der Waals surface area (Å²) in [6, 6.07) is 13.9. The van der Waals surface area contributed by atoms with Crippen molar-refractivity contribution >= 4 is 38.5 Å². The molecule has 1 aliphatic rings. The Bertz CT molecular complexity index is 1320. The first kappa shape index (κ1) is 20.8. The van der Waals surface area contributed by atoms with E-state index in [0.29, 0.717) is 16.8 Å². The summed E-state index contributed by atoms with van der Waals surface area (Å²) >= 11 is 0. The summed E-state index contributed by atoms with van der Waals surface area (Å²) in [4.78, 5) is 32.6. The Morgan fingerprint density at radius 1 is 1.10 bits per heavy atom. The van der Waals surface area contributed by atoms with Gasteiger partial charge in [-0.2, -0.15) is 0 Å². The molecular formula is C22H21N3O5S. The molecule has 9 heteroatoms. The minimum atomic E-state index is -3.63. The van der Waals surface area contributed by atoms with Gasteiger partial charge in [-0.15, -0.1) is 0 Å². The zero-order chi connectivity index (χ0) is 22.2. The number of carbonyl (C=O) groups excluding carboxylic acids is 2. The van der Waals surface area contributed by atoms with Crippen molar-refractivity contribution in [3.63, 3.8) is 0 Å². The number of ether oxygens (including phenoxy) is 1. The molecule has 8 nitrogen and oxygen atoms in total. The molecule has 3 aromatic rings. The van der Waals surface area contributed by atoms with Gasteiger partial charge < -0.3 is 9.72 Å². The Labute approximate surface area is 179 Å². The zero-order valence-corrected chi connectivity index (χ0v) is 17.8. The maximum atomic E-state index is 12.9. The van der Waals surface area contributed by atoms with Gasteiger partial charge in [-0.05, 0) is 32.0 Å². The molecule has 0 bridgehead atoms. The number of benzene rings is 2. The molecule has 0 fully saturated rings. The van der Waals surface area contributed by atoms with Gasteiger partial charge in [0.1, 0.15) is 5.84 Å². The molecule has 31 heavy (non-hydrogen) atoms. The number of nitrogens with zero attached hydrogens (tertiary/aromatic N) is 1. The van der Waals surface area contributed by atoms with Crippen LogP contribution in [0.3, 0.4) is 0 Å². The molecule has 0 aliphatic carbocycles. The smallest absolute Gasteiger partial charge is 0.308 e. The van der Waals surface area contributed by atoms with Crippen molar-refractivity contribution in [2.75, 3.05) is 6.54 Å².